The lowest BCUT2D eigenvalue weighted by atomic mass is 10.00. The molecule has 0 saturated carbocycles. The third kappa shape index (κ3) is 4.19. The number of aromatic amines is 2. The molecule has 0 unspecified atom stereocenters. The summed E-state index contributed by atoms with van der Waals surface area (Å²) in [5.74, 6) is 1.54. The van der Waals surface area contributed by atoms with Gasteiger partial charge in [0.2, 0.25) is 0 Å². The van der Waals surface area contributed by atoms with Crippen molar-refractivity contribution in [2.45, 2.75) is 6.42 Å². The molecule has 0 bridgehead atoms. The summed E-state index contributed by atoms with van der Waals surface area (Å²) in [4.78, 5) is 15.9. The molecule has 4 N–H and O–H groups in total. The van der Waals surface area contributed by atoms with Gasteiger partial charge in [-0.1, -0.05) is 44.0 Å². The SMILES string of the molecule is Oc1ccc(Cc2ccc(O)c(-c3nc4ccc(Br)cc4[nH]3)c2)cc1-c1nc2ccc(Br)cc2[nH]1. The van der Waals surface area contributed by atoms with Gasteiger partial charge < -0.3 is 20.2 Å². The third-order valence-electron chi connectivity index (χ3n) is 5.93. The molecular weight excluding hydrogens is 572 g/mol. The highest BCUT2D eigenvalue weighted by Gasteiger charge is 2.14. The van der Waals surface area contributed by atoms with Crippen LogP contribution in [0, 0.1) is 0 Å². The smallest absolute Gasteiger partial charge is 0.142 e. The fraction of sp³-hybridized carbons (Fsp3) is 0.0370. The van der Waals surface area contributed by atoms with Crippen molar-refractivity contribution in [2.24, 2.45) is 0 Å². The summed E-state index contributed by atoms with van der Waals surface area (Å²) in [6.45, 7) is 0. The highest BCUT2D eigenvalue weighted by atomic mass is 79.9. The van der Waals surface area contributed by atoms with Crippen LogP contribution in [0.15, 0.2) is 81.7 Å². The average molecular weight is 590 g/mol. The van der Waals surface area contributed by atoms with E-state index in [4.69, 9.17) is 0 Å². The van der Waals surface area contributed by atoms with Gasteiger partial charge in [0, 0.05) is 8.95 Å². The second kappa shape index (κ2) is 8.55. The zero-order valence-corrected chi connectivity index (χ0v) is 21.4. The monoisotopic (exact) mass is 588 g/mol. The number of fused-ring (bicyclic) bond motifs is 2. The number of benzene rings is 4. The van der Waals surface area contributed by atoms with Gasteiger partial charge in [-0.05, 0) is 78.2 Å². The van der Waals surface area contributed by atoms with Crippen LogP contribution < -0.4 is 0 Å². The molecule has 8 heteroatoms. The first kappa shape index (κ1) is 21.9. The summed E-state index contributed by atoms with van der Waals surface area (Å²) in [7, 11) is 0. The van der Waals surface area contributed by atoms with Crippen molar-refractivity contribution in [1.29, 1.82) is 0 Å². The lowest BCUT2D eigenvalue weighted by Crippen LogP contribution is -1.92. The fourth-order valence-electron chi connectivity index (χ4n) is 4.22. The molecule has 0 spiro atoms. The minimum atomic E-state index is 0.159. The van der Waals surface area contributed by atoms with E-state index in [2.05, 4.69) is 51.8 Å². The molecule has 0 aliphatic heterocycles. The maximum absolute atomic E-state index is 10.5. The first-order chi connectivity index (χ1) is 16.9. The van der Waals surface area contributed by atoms with Crippen molar-refractivity contribution in [2.75, 3.05) is 0 Å². The standard InChI is InChI=1S/C27H18Br2N4O2/c28-16-3-5-20-22(12-16)32-26(30-20)18-10-14(1-7-24(18)34)9-15-2-8-25(35)19(11-15)27-31-21-6-4-17(29)13-23(21)33-27/h1-8,10-13,34-35H,9H2,(H,30,32)(H,31,33). The quantitative estimate of drug-likeness (QED) is 0.173. The van der Waals surface area contributed by atoms with Gasteiger partial charge in [0.15, 0.2) is 0 Å². The number of hydrogen-bond donors (Lipinski definition) is 4. The summed E-state index contributed by atoms with van der Waals surface area (Å²) in [6, 6.07) is 22.7. The number of halogens is 2. The summed E-state index contributed by atoms with van der Waals surface area (Å²) < 4.78 is 1.91. The number of aromatic nitrogens is 4. The number of imidazole rings is 2. The Bertz CT molecular complexity index is 1610. The Morgan fingerprint density at radius 3 is 1.51 bits per heavy atom. The van der Waals surface area contributed by atoms with E-state index in [-0.39, 0.29) is 11.5 Å². The number of H-pyrrole nitrogens is 2. The lowest BCUT2D eigenvalue weighted by Gasteiger charge is -2.09. The van der Waals surface area contributed by atoms with Crippen molar-refractivity contribution in [3.05, 3.63) is 92.9 Å². The van der Waals surface area contributed by atoms with Gasteiger partial charge in [0.05, 0.1) is 33.2 Å². The second-order valence-corrected chi connectivity index (χ2v) is 10.2. The summed E-state index contributed by atoms with van der Waals surface area (Å²) in [6.07, 6.45) is 0.609. The molecule has 0 amide bonds. The number of aromatic hydroxyl groups is 2. The van der Waals surface area contributed by atoms with Crippen LogP contribution in [0.4, 0.5) is 0 Å². The zero-order chi connectivity index (χ0) is 24.1. The normalized spacial score (nSPS) is 11.5. The van der Waals surface area contributed by atoms with Crippen LogP contribution in [0.1, 0.15) is 11.1 Å². The van der Waals surface area contributed by atoms with E-state index in [1.165, 1.54) is 0 Å². The van der Waals surface area contributed by atoms with Gasteiger partial charge in [-0.3, -0.25) is 0 Å². The van der Waals surface area contributed by atoms with Crippen LogP contribution in [0.2, 0.25) is 0 Å². The van der Waals surface area contributed by atoms with E-state index >= 15 is 0 Å². The molecule has 6 nitrogen and oxygen atoms in total. The van der Waals surface area contributed by atoms with Gasteiger partial charge in [0.1, 0.15) is 23.1 Å². The number of phenols is 2. The third-order valence-corrected chi connectivity index (χ3v) is 6.91. The first-order valence-corrected chi connectivity index (χ1v) is 12.5. The van der Waals surface area contributed by atoms with Gasteiger partial charge in [-0.15, -0.1) is 0 Å². The summed E-state index contributed by atoms with van der Waals surface area (Å²) >= 11 is 6.96. The highest BCUT2D eigenvalue weighted by Crippen LogP contribution is 2.33. The Hall–Kier alpha value is -3.62. The predicted molar refractivity (Wildman–Crippen MR) is 145 cm³/mol. The van der Waals surface area contributed by atoms with Crippen molar-refractivity contribution in [3.8, 4) is 34.3 Å². The molecular formula is C27H18Br2N4O2. The molecule has 0 aliphatic carbocycles. The number of nitrogens with one attached hydrogen (secondary N) is 2. The van der Waals surface area contributed by atoms with E-state index in [0.717, 1.165) is 42.1 Å². The van der Waals surface area contributed by atoms with Gasteiger partial charge in [0.25, 0.3) is 0 Å². The van der Waals surface area contributed by atoms with Gasteiger partial charge in [-0.25, -0.2) is 9.97 Å². The van der Waals surface area contributed by atoms with E-state index in [1.807, 2.05) is 60.7 Å². The van der Waals surface area contributed by atoms with Crippen molar-refractivity contribution < 1.29 is 10.2 Å². The fourth-order valence-corrected chi connectivity index (χ4v) is 4.94. The number of nitrogens with zero attached hydrogens (tertiary/aromatic N) is 2. The minimum Gasteiger partial charge on any atom is -0.507 e. The van der Waals surface area contributed by atoms with Crippen LogP contribution >= 0.6 is 31.9 Å². The Balaban J connectivity index is 1.34. The van der Waals surface area contributed by atoms with Crippen LogP contribution in [0.25, 0.3) is 44.8 Å². The predicted octanol–water partition coefficient (Wildman–Crippen LogP) is 7.30. The van der Waals surface area contributed by atoms with Crippen LogP contribution in [-0.4, -0.2) is 30.1 Å². The van der Waals surface area contributed by atoms with Crippen molar-refractivity contribution >= 4 is 53.9 Å². The molecule has 2 aromatic heterocycles. The molecule has 35 heavy (non-hydrogen) atoms. The van der Waals surface area contributed by atoms with Crippen LogP contribution in [0.3, 0.4) is 0 Å². The largest absolute Gasteiger partial charge is 0.507 e. The minimum absolute atomic E-state index is 0.159. The number of phenolic OH excluding ortho intramolecular Hbond substituents is 2. The summed E-state index contributed by atoms with van der Waals surface area (Å²) in [5.41, 5.74) is 6.71. The zero-order valence-electron chi connectivity index (χ0n) is 18.2. The molecule has 0 saturated heterocycles. The average Bonchev–Trinajstić information content (AvgIpc) is 3.44. The molecule has 0 atom stereocenters. The molecule has 0 aliphatic rings. The Labute approximate surface area is 217 Å². The molecule has 2 heterocycles. The van der Waals surface area contributed by atoms with E-state index in [0.29, 0.717) is 29.2 Å². The Morgan fingerprint density at radius 1 is 0.600 bits per heavy atom. The molecule has 0 fully saturated rings. The topological polar surface area (TPSA) is 97.8 Å². The van der Waals surface area contributed by atoms with Crippen LogP contribution in [0.5, 0.6) is 11.5 Å². The molecule has 6 aromatic rings. The highest BCUT2D eigenvalue weighted by molar-refractivity contribution is 9.10. The number of rotatable bonds is 4. The Kier molecular flexibility index (Phi) is 5.35. The van der Waals surface area contributed by atoms with Gasteiger partial charge in [-0.2, -0.15) is 0 Å². The van der Waals surface area contributed by atoms with E-state index in [1.54, 1.807) is 12.1 Å². The molecule has 6 rings (SSSR count). The van der Waals surface area contributed by atoms with Crippen LogP contribution in [-0.2, 0) is 6.42 Å². The summed E-state index contributed by atoms with van der Waals surface area (Å²) in [5, 5.41) is 21.1. The first-order valence-electron chi connectivity index (χ1n) is 10.9. The molecule has 0 radical (unpaired) electrons. The van der Waals surface area contributed by atoms with E-state index < -0.39 is 0 Å². The molecule has 172 valence electrons. The molecule has 4 aromatic carbocycles. The Morgan fingerprint density at radius 2 is 1.06 bits per heavy atom. The lowest BCUT2D eigenvalue weighted by molar-refractivity contribution is 0.476. The van der Waals surface area contributed by atoms with E-state index in [9.17, 15) is 10.2 Å². The van der Waals surface area contributed by atoms with Gasteiger partial charge >= 0.3 is 0 Å². The van der Waals surface area contributed by atoms with Crippen molar-refractivity contribution in [1.82, 2.24) is 19.9 Å². The second-order valence-electron chi connectivity index (χ2n) is 8.37. The number of hydrogen-bond acceptors (Lipinski definition) is 4. The van der Waals surface area contributed by atoms with Crippen molar-refractivity contribution in [3.63, 3.8) is 0 Å². The maximum Gasteiger partial charge on any atom is 0.142 e. The maximum atomic E-state index is 10.5.